The molecule has 0 radical (unpaired) electrons. The Hall–Kier alpha value is -2.82. The molecule has 5 nitrogen and oxygen atoms in total. The Morgan fingerprint density at radius 2 is 1.90 bits per heavy atom. The average molecular weight is 279 g/mol. The largest absolute Gasteiger partial charge is 0.461 e. The predicted molar refractivity (Wildman–Crippen MR) is 78.5 cm³/mol. The summed E-state index contributed by atoms with van der Waals surface area (Å²) < 4.78 is 9.05. The molecule has 5 heteroatoms. The Bertz CT molecular complexity index is 974. The van der Waals surface area contributed by atoms with Crippen molar-refractivity contribution in [2.24, 2.45) is 7.05 Å². The number of ketones is 1. The zero-order valence-corrected chi connectivity index (χ0v) is 11.7. The molecule has 0 N–H and O–H groups in total. The maximum Gasteiger partial charge on any atom is 0.233 e. The molecule has 0 atom stereocenters. The molecule has 0 amide bonds. The lowest BCUT2D eigenvalue weighted by molar-refractivity contribution is 0.101. The van der Waals surface area contributed by atoms with Crippen molar-refractivity contribution in [3.8, 4) is 0 Å². The molecule has 1 aromatic carbocycles. The van der Waals surface area contributed by atoms with Crippen molar-refractivity contribution in [3.63, 3.8) is 0 Å². The van der Waals surface area contributed by atoms with Crippen LogP contribution in [0.15, 0.2) is 47.1 Å². The Labute approximate surface area is 120 Å². The monoisotopic (exact) mass is 279 g/mol. The summed E-state index contributed by atoms with van der Waals surface area (Å²) in [5.41, 5.74) is 4.09. The van der Waals surface area contributed by atoms with E-state index in [1.54, 1.807) is 12.1 Å². The second-order valence-electron chi connectivity index (χ2n) is 5.05. The number of furan rings is 1. The first-order valence-corrected chi connectivity index (χ1v) is 6.69. The minimum atomic E-state index is -0.140. The number of aromatic nitrogens is 3. The lowest BCUT2D eigenvalue weighted by Gasteiger charge is -1.99. The first kappa shape index (κ1) is 12.0. The number of hydrogen-bond donors (Lipinski definition) is 0. The van der Waals surface area contributed by atoms with E-state index in [1.807, 2.05) is 47.3 Å². The number of fused-ring (bicyclic) bond motifs is 3. The zero-order valence-electron chi connectivity index (χ0n) is 11.7. The number of rotatable bonds is 2. The van der Waals surface area contributed by atoms with Gasteiger partial charge < -0.3 is 8.98 Å². The summed E-state index contributed by atoms with van der Waals surface area (Å²) in [4.78, 5) is 12.7. The molecular weight excluding hydrogens is 266 g/mol. The van der Waals surface area contributed by atoms with Gasteiger partial charge in [0.1, 0.15) is 5.65 Å². The second kappa shape index (κ2) is 4.09. The van der Waals surface area contributed by atoms with Crippen molar-refractivity contribution in [1.82, 2.24) is 14.2 Å². The van der Waals surface area contributed by atoms with Gasteiger partial charge >= 0.3 is 0 Å². The molecule has 0 aliphatic carbocycles. The number of nitrogens with zero attached hydrogens (tertiary/aromatic N) is 3. The van der Waals surface area contributed by atoms with Crippen LogP contribution in [0, 0.1) is 6.92 Å². The third-order valence-corrected chi connectivity index (χ3v) is 3.80. The Kier molecular flexibility index (Phi) is 2.33. The summed E-state index contributed by atoms with van der Waals surface area (Å²) in [6.07, 6.45) is 1.50. The quantitative estimate of drug-likeness (QED) is 0.530. The van der Waals surface area contributed by atoms with Crippen LogP contribution in [0.4, 0.5) is 0 Å². The van der Waals surface area contributed by atoms with Crippen molar-refractivity contribution in [2.45, 2.75) is 6.92 Å². The smallest absolute Gasteiger partial charge is 0.233 e. The fraction of sp³-hybridized carbons (Fsp3) is 0.125. The van der Waals surface area contributed by atoms with Crippen molar-refractivity contribution in [3.05, 3.63) is 59.7 Å². The van der Waals surface area contributed by atoms with Gasteiger partial charge in [0, 0.05) is 7.05 Å². The van der Waals surface area contributed by atoms with Crippen LogP contribution >= 0.6 is 0 Å². The fourth-order valence-corrected chi connectivity index (χ4v) is 2.83. The van der Waals surface area contributed by atoms with Gasteiger partial charge in [-0.25, -0.2) is 4.52 Å². The maximum absolute atomic E-state index is 12.7. The number of aryl methyl sites for hydroxylation is 2. The highest BCUT2D eigenvalue weighted by molar-refractivity contribution is 6.12. The summed E-state index contributed by atoms with van der Waals surface area (Å²) in [7, 11) is 1.94. The van der Waals surface area contributed by atoms with E-state index in [0.717, 1.165) is 16.7 Å². The molecule has 3 heterocycles. The number of imidazole rings is 1. The zero-order chi connectivity index (χ0) is 14.6. The molecule has 0 aliphatic heterocycles. The van der Waals surface area contributed by atoms with E-state index in [-0.39, 0.29) is 5.78 Å². The summed E-state index contributed by atoms with van der Waals surface area (Å²) in [5.74, 6) is 0.191. The van der Waals surface area contributed by atoms with Crippen LogP contribution in [-0.4, -0.2) is 20.0 Å². The summed E-state index contributed by atoms with van der Waals surface area (Å²) in [6.45, 7) is 1.85. The standard InChI is InChI=1S/C16H13N3O2/c1-10-14(15(20)13-8-5-9-21-13)16-18(2)11-6-3-4-7-12(11)19(16)17-10/h3-9H,1-2H3. The summed E-state index contributed by atoms with van der Waals surface area (Å²) >= 11 is 0. The van der Waals surface area contributed by atoms with Crippen LogP contribution in [0.25, 0.3) is 16.7 Å². The first-order valence-electron chi connectivity index (χ1n) is 6.69. The number of para-hydroxylation sites is 2. The molecule has 0 saturated carbocycles. The molecule has 0 fully saturated rings. The summed E-state index contributed by atoms with van der Waals surface area (Å²) in [6, 6.07) is 11.3. The highest BCUT2D eigenvalue weighted by atomic mass is 16.3. The van der Waals surface area contributed by atoms with E-state index in [2.05, 4.69) is 5.10 Å². The number of carbonyl (C=O) groups is 1. The van der Waals surface area contributed by atoms with Gasteiger partial charge in [0.25, 0.3) is 0 Å². The minimum absolute atomic E-state index is 0.140. The molecule has 0 bridgehead atoms. The molecule has 4 rings (SSSR count). The lowest BCUT2D eigenvalue weighted by Crippen LogP contribution is -2.03. The Morgan fingerprint density at radius 3 is 2.62 bits per heavy atom. The van der Waals surface area contributed by atoms with E-state index >= 15 is 0 Å². The van der Waals surface area contributed by atoms with E-state index in [1.165, 1.54) is 6.26 Å². The van der Waals surface area contributed by atoms with Gasteiger partial charge in [-0.15, -0.1) is 0 Å². The molecule has 0 spiro atoms. The van der Waals surface area contributed by atoms with Crippen molar-refractivity contribution in [1.29, 1.82) is 0 Å². The third kappa shape index (κ3) is 1.51. The maximum atomic E-state index is 12.7. The lowest BCUT2D eigenvalue weighted by atomic mass is 10.1. The van der Waals surface area contributed by atoms with E-state index in [9.17, 15) is 4.79 Å². The van der Waals surface area contributed by atoms with Crippen LogP contribution in [0.2, 0.25) is 0 Å². The van der Waals surface area contributed by atoms with Gasteiger partial charge in [0.2, 0.25) is 5.78 Å². The van der Waals surface area contributed by atoms with E-state index in [0.29, 0.717) is 17.0 Å². The molecular formula is C16H13N3O2. The van der Waals surface area contributed by atoms with Gasteiger partial charge in [-0.1, -0.05) is 12.1 Å². The predicted octanol–water partition coefficient (Wildman–Crippen LogP) is 2.96. The van der Waals surface area contributed by atoms with Crippen LogP contribution in [0.1, 0.15) is 21.8 Å². The topological polar surface area (TPSA) is 52.4 Å². The highest BCUT2D eigenvalue weighted by Gasteiger charge is 2.24. The van der Waals surface area contributed by atoms with E-state index in [4.69, 9.17) is 4.42 Å². The van der Waals surface area contributed by atoms with Gasteiger partial charge in [0.15, 0.2) is 5.76 Å². The van der Waals surface area contributed by atoms with Crippen molar-refractivity contribution >= 4 is 22.5 Å². The number of carbonyl (C=O) groups excluding carboxylic acids is 1. The van der Waals surface area contributed by atoms with Gasteiger partial charge in [0.05, 0.1) is 28.6 Å². The molecule has 21 heavy (non-hydrogen) atoms. The Balaban J connectivity index is 2.10. The number of hydrogen-bond acceptors (Lipinski definition) is 3. The molecule has 0 saturated heterocycles. The summed E-state index contributed by atoms with van der Waals surface area (Å²) in [5, 5.41) is 4.53. The second-order valence-corrected chi connectivity index (χ2v) is 5.05. The van der Waals surface area contributed by atoms with Crippen LogP contribution in [-0.2, 0) is 7.05 Å². The normalized spacial score (nSPS) is 11.5. The SMILES string of the molecule is Cc1nn2c3ccccc3n(C)c2c1C(=O)c1ccco1. The van der Waals surface area contributed by atoms with Gasteiger partial charge in [-0.05, 0) is 31.2 Å². The van der Waals surface area contributed by atoms with Crippen molar-refractivity contribution < 1.29 is 9.21 Å². The van der Waals surface area contributed by atoms with Crippen LogP contribution in [0.5, 0.6) is 0 Å². The first-order chi connectivity index (χ1) is 10.2. The van der Waals surface area contributed by atoms with E-state index < -0.39 is 0 Å². The van der Waals surface area contributed by atoms with Gasteiger partial charge in [-0.3, -0.25) is 4.79 Å². The fourth-order valence-electron chi connectivity index (χ4n) is 2.83. The highest BCUT2D eigenvalue weighted by Crippen LogP contribution is 2.26. The average Bonchev–Trinajstić information content (AvgIpc) is 3.17. The van der Waals surface area contributed by atoms with Crippen LogP contribution in [0.3, 0.4) is 0 Å². The Morgan fingerprint density at radius 1 is 1.14 bits per heavy atom. The minimum Gasteiger partial charge on any atom is -0.461 e. The molecule has 104 valence electrons. The number of benzene rings is 1. The van der Waals surface area contributed by atoms with Gasteiger partial charge in [-0.2, -0.15) is 5.10 Å². The molecule has 0 aliphatic rings. The molecule has 0 unspecified atom stereocenters. The van der Waals surface area contributed by atoms with Crippen LogP contribution < -0.4 is 0 Å². The molecule has 4 aromatic rings. The third-order valence-electron chi connectivity index (χ3n) is 3.80. The van der Waals surface area contributed by atoms with Crippen molar-refractivity contribution in [2.75, 3.05) is 0 Å². The molecule has 3 aromatic heterocycles.